The number of carbonyl (C=O) groups excluding carboxylic acids is 3. The first-order chi connectivity index (χ1) is 21.3. The number of thiophene rings is 1. The van der Waals surface area contributed by atoms with Crippen LogP contribution in [0, 0.1) is 0 Å². The van der Waals surface area contributed by atoms with Crippen molar-refractivity contribution in [1.29, 1.82) is 0 Å². The third-order valence-corrected chi connectivity index (χ3v) is 11.4. The number of sulfonamides is 1. The summed E-state index contributed by atoms with van der Waals surface area (Å²) in [5.74, 6) is -0.545. The largest absolute Gasteiger partial charge is 0.450 e. The van der Waals surface area contributed by atoms with E-state index in [2.05, 4.69) is 5.32 Å². The van der Waals surface area contributed by atoms with Gasteiger partial charge in [0.25, 0.3) is 21.8 Å². The van der Waals surface area contributed by atoms with Gasteiger partial charge in [-0.15, -0.1) is 11.3 Å². The van der Waals surface area contributed by atoms with Crippen molar-refractivity contribution in [3.8, 4) is 0 Å². The zero-order chi connectivity index (χ0) is 30.8. The number of carbonyl (C=O) groups is 3. The van der Waals surface area contributed by atoms with Crippen LogP contribution in [0.25, 0.3) is 0 Å². The van der Waals surface area contributed by atoms with Crippen LogP contribution in [0.15, 0.2) is 53.4 Å². The summed E-state index contributed by atoms with van der Waals surface area (Å²) in [5, 5.41) is 3.39. The Labute approximate surface area is 261 Å². The van der Waals surface area contributed by atoms with Crippen molar-refractivity contribution in [2.75, 3.05) is 42.4 Å². The third kappa shape index (κ3) is 5.80. The molecule has 6 rings (SSSR count). The maximum absolute atomic E-state index is 13.8. The van der Waals surface area contributed by atoms with Crippen LogP contribution in [0.3, 0.4) is 0 Å². The van der Waals surface area contributed by atoms with E-state index in [1.54, 1.807) is 11.8 Å². The van der Waals surface area contributed by atoms with E-state index in [4.69, 9.17) is 4.74 Å². The van der Waals surface area contributed by atoms with Crippen molar-refractivity contribution >= 4 is 50.0 Å². The van der Waals surface area contributed by atoms with E-state index in [1.165, 1.54) is 39.9 Å². The molecule has 0 unspecified atom stereocenters. The maximum atomic E-state index is 13.8. The predicted molar refractivity (Wildman–Crippen MR) is 169 cm³/mol. The number of fused-ring (bicyclic) bond motifs is 2. The molecule has 44 heavy (non-hydrogen) atoms. The van der Waals surface area contributed by atoms with E-state index in [0.717, 1.165) is 48.1 Å². The quantitative estimate of drug-likeness (QED) is 0.394. The standard InChI is InChI=1S/C32H36N4O6S2/c1-2-42-32(39)35-20-16-25-27(21-35)43-30(28(25)31(38)34-17-6-3-7-18-34)33-29(37)23-12-14-24(15-13-23)44(40,41)36-19-8-10-22-9-4-5-11-26(22)36/h4-5,9,11-15H,2-3,6-8,10,16-21H2,1H3,(H,33,37). The zero-order valence-corrected chi connectivity index (χ0v) is 26.3. The Morgan fingerprint density at radius 2 is 1.64 bits per heavy atom. The van der Waals surface area contributed by atoms with Gasteiger partial charge in [0.2, 0.25) is 0 Å². The number of nitrogens with one attached hydrogen (secondary N) is 1. The van der Waals surface area contributed by atoms with Crippen LogP contribution in [0.5, 0.6) is 0 Å². The van der Waals surface area contributed by atoms with E-state index in [-0.39, 0.29) is 23.0 Å². The summed E-state index contributed by atoms with van der Waals surface area (Å²) in [6.45, 7) is 4.50. The molecule has 3 aliphatic rings. The highest BCUT2D eigenvalue weighted by Gasteiger charge is 2.34. The number of likely N-dealkylation sites (tertiary alicyclic amines) is 1. The van der Waals surface area contributed by atoms with Crippen LogP contribution < -0.4 is 9.62 Å². The fourth-order valence-electron chi connectivity index (χ4n) is 6.17. The summed E-state index contributed by atoms with van der Waals surface area (Å²) in [5.41, 5.74) is 3.32. The number of ether oxygens (including phenoxy) is 1. The molecule has 1 aromatic heterocycles. The highest BCUT2D eigenvalue weighted by Crippen LogP contribution is 2.39. The number of aryl methyl sites for hydroxylation is 1. The summed E-state index contributed by atoms with van der Waals surface area (Å²) in [7, 11) is -3.81. The Morgan fingerprint density at radius 3 is 2.39 bits per heavy atom. The van der Waals surface area contributed by atoms with Gasteiger partial charge in [0, 0.05) is 36.6 Å². The van der Waals surface area contributed by atoms with Crippen molar-refractivity contribution in [2.45, 2.75) is 56.9 Å². The monoisotopic (exact) mass is 636 g/mol. The number of anilines is 2. The van der Waals surface area contributed by atoms with E-state index in [1.807, 2.05) is 29.2 Å². The Morgan fingerprint density at radius 1 is 0.886 bits per heavy atom. The molecule has 3 aliphatic heterocycles. The number of benzene rings is 2. The van der Waals surface area contributed by atoms with Crippen LogP contribution in [-0.2, 0) is 34.1 Å². The average Bonchev–Trinajstić information content (AvgIpc) is 3.41. The van der Waals surface area contributed by atoms with Crippen molar-refractivity contribution in [2.24, 2.45) is 0 Å². The van der Waals surface area contributed by atoms with Crippen molar-refractivity contribution in [3.63, 3.8) is 0 Å². The lowest BCUT2D eigenvalue weighted by Gasteiger charge is -2.30. The number of amides is 3. The second kappa shape index (κ2) is 12.6. The molecule has 12 heteroatoms. The molecule has 0 radical (unpaired) electrons. The van der Waals surface area contributed by atoms with Crippen LogP contribution >= 0.6 is 11.3 Å². The Kier molecular flexibility index (Phi) is 8.64. The van der Waals surface area contributed by atoms with Crippen LogP contribution in [0.4, 0.5) is 15.5 Å². The predicted octanol–water partition coefficient (Wildman–Crippen LogP) is 5.28. The number of piperidine rings is 1. The molecule has 0 bridgehead atoms. The normalized spacial score (nSPS) is 16.6. The maximum Gasteiger partial charge on any atom is 0.410 e. The van der Waals surface area contributed by atoms with Crippen molar-refractivity contribution in [3.05, 3.63) is 75.7 Å². The highest BCUT2D eigenvalue weighted by molar-refractivity contribution is 7.92. The van der Waals surface area contributed by atoms with E-state index >= 15 is 0 Å². The van der Waals surface area contributed by atoms with Gasteiger partial charge in [-0.05, 0) is 86.9 Å². The molecule has 10 nitrogen and oxygen atoms in total. The Balaban J connectivity index is 1.25. The molecule has 3 amide bonds. The van der Waals surface area contributed by atoms with Gasteiger partial charge in [-0.2, -0.15) is 0 Å². The molecule has 1 saturated heterocycles. The SMILES string of the molecule is CCOC(=O)N1CCc2c(sc(NC(=O)c3ccc(S(=O)(=O)N4CCCc5ccccc54)cc3)c2C(=O)N2CCCCC2)C1. The Hall–Kier alpha value is -3.90. The van der Waals surface area contributed by atoms with Gasteiger partial charge in [0.05, 0.1) is 29.3 Å². The molecule has 4 heterocycles. The number of rotatable bonds is 6. The van der Waals surface area contributed by atoms with Gasteiger partial charge in [0.1, 0.15) is 5.00 Å². The minimum Gasteiger partial charge on any atom is -0.450 e. The number of para-hydroxylation sites is 1. The summed E-state index contributed by atoms with van der Waals surface area (Å²) in [6.07, 6.45) is 4.61. The molecular formula is C32H36N4O6S2. The molecule has 0 aliphatic carbocycles. The molecule has 1 N–H and O–H groups in total. The molecule has 2 aromatic carbocycles. The molecule has 0 saturated carbocycles. The summed E-state index contributed by atoms with van der Waals surface area (Å²) >= 11 is 1.30. The molecular weight excluding hydrogens is 601 g/mol. The summed E-state index contributed by atoms with van der Waals surface area (Å²) in [6, 6.07) is 13.4. The lowest BCUT2D eigenvalue weighted by atomic mass is 10.0. The highest BCUT2D eigenvalue weighted by atomic mass is 32.2. The molecule has 3 aromatic rings. The summed E-state index contributed by atoms with van der Waals surface area (Å²) in [4.78, 5) is 44.1. The molecule has 0 spiro atoms. The van der Waals surface area contributed by atoms with E-state index < -0.39 is 22.0 Å². The van der Waals surface area contributed by atoms with E-state index in [0.29, 0.717) is 55.4 Å². The van der Waals surface area contributed by atoms with Gasteiger partial charge in [-0.25, -0.2) is 13.2 Å². The van der Waals surface area contributed by atoms with Crippen LogP contribution in [-0.4, -0.2) is 68.9 Å². The van der Waals surface area contributed by atoms with Gasteiger partial charge < -0.3 is 19.9 Å². The van der Waals surface area contributed by atoms with E-state index in [9.17, 15) is 22.8 Å². The fourth-order valence-corrected chi connectivity index (χ4v) is 8.96. The van der Waals surface area contributed by atoms with Gasteiger partial charge in [0.15, 0.2) is 0 Å². The van der Waals surface area contributed by atoms with Crippen molar-refractivity contribution in [1.82, 2.24) is 9.80 Å². The number of hydrogen-bond donors (Lipinski definition) is 1. The lowest BCUT2D eigenvalue weighted by molar-refractivity contribution is 0.0724. The summed E-state index contributed by atoms with van der Waals surface area (Å²) < 4.78 is 33.8. The van der Waals surface area contributed by atoms with Gasteiger partial charge >= 0.3 is 6.09 Å². The molecule has 232 valence electrons. The first-order valence-electron chi connectivity index (χ1n) is 15.2. The van der Waals surface area contributed by atoms with Crippen LogP contribution in [0.2, 0.25) is 0 Å². The van der Waals surface area contributed by atoms with Gasteiger partial charge in [-0.3, -0.25) is 13.9 Å². The first kappa shape index (κ1) is 30.1. The molecule has 1 fully saturated rings. The first-order valence-corrected chi connectivity index (χ1v) is 17.4. The van der Waals surface area contributed by atoms with Crippen molar-refractivity contribution < 1.29 is 27.5 Å². The third-order valence-electron chi connectivity index (χ3n) is 8.44. The number of nitrogens with zero attached hydrogens (tertiary/aromatic N) is 3. The minimum atomic E-state index is -3.81. The Bertz CT molecular complexity index is 1680. The topological polar surface area (TPSA) is 116 Å². The second-order valence-corrected chi connectivity index (χ2v) is 14.2. The average molecular weight is 637 g/mol. The lowest BCUT2D eigenvalue weighted by Crippen LogP contribution is -2.38. The number of hydrogen-bond acceptors (Lipinski definition) is 7. The minimum absolute atomic E-state index is 0.106. The van der Waals surface area contributed by atoms with Gasteiger partial charge in [-0.1, -0.05) is 18.2 Å². The smallest absolute Gasteiger partial charge is 0.410 e. The van der Waals surface area contributed by atoms with Crippen LogP contribution in [0.1, 0.15) is 69.3 Å². The zero-order valence-electron chi connectivity index (χ0n) is 24.7. The molecule has 0 atom stereocenters. The second-order valence-electron chi connectivity index (χ2n) is 11.2. The fraction of sp³-hybridized carbons (Fsp3) is 0.406.